The third-order valence-electron chi connectivity index (χ3n) is 4.24. The Balaban J connectivity index is 1.80. The van der Waals surface area contributed by atoms with Crippen LogP contribution in [0.5, 0.6) is 5.75 Å². The fourth-order valence-electron chi connectivity index (χ4n) is 2.94. The minimum Gasteiger partial charge on any atom is -0.497 e. The molecule has 0 radical (unpaired) electrons. The molecular formula is C17H22N2O3. The largest absolute Gasteiger partial charge is 0.497 e. The van der Waals surface area contributed by atoms with E-state index in [2.05, 4.69) is 4.98 Å². The normalized spacial score (nSPS) is 23.4. The molecule has 5 heteroatoms. The summed E-state index contributed by atoms with van der Waals surface area (Å²) in [7, 11) is 1.64. The van der Waals surface area contributed by atoms with Crippen molar-refractivity contribution >= 4 is 10.9 Å². The summed E-state index contributed by atoms with van der Waals surface area (Å²) in [4.78, 5) is 4.36. The van der Waals surface area contributed by atoms with Gasteiger partial charge in [-0.2, -0.15) is 0 Å². The monoisotopic (exact) mass is 302 g/mol. The Labute approximate surface area is 130 Å². The van der Waals surface area contributed by atoms with Gasteiger partial charge in [-0.3, -0.25) is 4.98 Å². The molecule has 0 amide bonds. The molecule has 22 heavy (non-hydrogen) atoms. The summed E-state index contributed by atoms with van der Waals surface area (Å²) in [5.74, 6) is 0.788. The van der Waals surface area contributed by atoms with Crippen LogP contribution in [0.2, 0.25) is 0 Å². The number of rotatable bonds is 4. The number of methoxy groups -OCH3 is 1. The van der Waals surface area contributed by atoms with Gasteiger partial charge in [0.05, 0.1) is 31.4 Å². The SMILES string of the molecule is COc1ccc2nccc(C[C@H](O)[C@@H]3CC[C@@H](N)CO3)c2c1. The molecule has 0 aliphatic carbocycles. The van der Waals surface area contributed by atoms with E-state index >= 15 is 0 Å². The molecule has 0 spiro atoms. The van der Waals surface area contributed by atoms with E-state index in [9.17, 15) is 5.11 Å². The lowest BCUT2D eigenvalue weighted by Gasteiger charge is -2.30. The Morgan fingerprint density at radius 3 is 3.00 bits per heavy atom. The van der Waals surface area contributed by atoms with Gasteiger partial charge >= 0.3 is 0 Å². The maximum absolute atomic E-state index is 10.5. The van der Waals surface area contributed by atoms with Crippen molar-refractivity contribution in [3.8, 4) is 5.75 Å². The van der Waals surface area contributed by atoms with E-state index < -0.39 is 6.10 Å². The summed E-state index contributed by atoms with van der Waals surface area (Å²) >= 11 is 0. The van der Waals surface area contributed by atoms with Gasteiger partial charge in [-0.25, -0.2) is 0 Å². The molecule has 3 rings (SSSR count). The molecule has 1 saturated heterocycles. The molecule has 1 fully saturated rings. The Hall–Kier alpha value is -1.69. The number of hydrogen-bond acceptors (Lipinski definition) is 5. The van der Waals surface area contributed by atoms with E-state index in [1.807, 2.05) is 24.3 Å². The van der Waals surface area contributed by atoms with E-state index in [1.165, 1.54) is 0 Å². The van der Waals surface area contributed by atoms with Crippen LogP contribution in [0.3, 0.4) is 0 Å². The number of benzene rings is 1. The summed E-state index contributed by atoms with van der Waals surface area (Å²) < 4.78 is 10.9. The standard InChI is InChI=1S/C17H22N2O3/c1-21-13-3-4-15-14(9-13)11(6-7-19-15)8-16(20)17-5-2-12(18)10-22-17/h3-4,6-7,9,12,16-17,20H,2,5,8,10,18H2,1H3/t12-,16+,17+/m1/s1. The van der Waals surface area contributed by atoms with E-state index in [4.69, 9.17) is 15.2 Å². The van der Waals surface area contributed by atoms with Crippen LogP contribution in [0.4, 0.5) is 0 Å². The first-order chi connectivity index (χ1) is 10.7. The molecule has 2 heterocycles. The van der Waals surface area contributed by atoms with E-state index in [-0.39, 0.29) is 12.1 Å². The second-order valence-electron chi connectivity index (χ2n) is 5.83. The quantitative estimate of drug-likeness (QED) is 0.898. The van der Waals surface area contributed by atoms with Crippen LogP contribution < -0.4 is 10.5 Å². The highest BCUT2D eigenvalue weighted by molar-refractivity contribution is 5.83. The fraction of sp³-hybridized carbons (Fsp3) is 0.471. The molecule has 5 nitrogen and oxygen atoms in total. The Morgan fingerprint density at radius 2 is 2.27 bits per heavy atom. The maximum atomic E-state index is 10.5. The highest BCUT2D eigenvalue weighted by atomic mass is 16.5. The Morgan fingerprint density at radius 1 is 1.41 bits per heavy atom. The van der Waals surface area contributed by atoms with Crippen LogP contribution in [-0.4, -0.2) is 42.1 Å². The van der Waals surface area contributed by atoms with Gasteiger partial charge in [-0.1, -0.05) is 0 Å². The molecule has 1 aromatic carbocycles. The first-order valence-electron chi connectivity index (χ1n) is 7.64. The van der Waals surface area contributed by atoms with Gasteiger partial charge in [0.2, 0.25) is 0 Å². The molecule has 0 bridgehead atoms. The van der Waals surface area contributed by atoms with E-state index in [1.54, 1.807) is 13.3 Å². The van der Waals surface area contributed by atoms with Crippen molar-refractivity contribution in [3.05, 3.63) is 36.0 Å². The number of hydrogen-bond donors (Lipinski definition) is 2. The summed E-state index contributed by atoms with van der Waals surface area (Å²) in [6.45, 7) is 0.520. The molecular weight excluding hydrogens is 280 g/mol. The summed E-state index contributed by atoms with van der Waals surface area (Å²) in [5.41, 5.74) is 7.78. The first kappa shape index (κ1) is 15.2. The number of fused-ring (bicyclic) bond motifs is 1. The van der Waals surface area contributed by atoms with Crippen LogP contribution in [0, 0.1) is 0 Å². The second kappa shape index (κ2) is 6.60. The van der Waals surface area contributed by atoms with Crippen molar-refractivity contribution in [2.24, 2.45) is 5.73 Å². The van der Waals surface area contributed by atoms with Crippen molar-refractivity contribution < 1.29 is 14.6 Å². The predicted molar refractivity (Wildman–Crippen MR) is 85.0 cm³/mol. The number of ether oxygens (including phenoxy) is 2. The van der Waals surface area contributed by atoms with Crippen LogP contribution in [0.1, 0.15) is 18.4 Å². The van der Waals surface area contributed by atoms with Gasteiger partial charge in [-0.05, 0) is 42.7 Å². The number of aliphatic hydroxyl groups is 1. The van der Waals surface area contributed by atoms with Crippen LogP contribution >= 0.6 is 0 Å². The third kappa shape index (κ3) is 3.21. The van der Waals surface area contributed by atoms with Crippen LogP contribution in [-0.2, 0) is 11.2 Å². The number of aliphatic hydroxyl groups excluding tert-OH is 1. The van der Waals surface area contributed by atoms with Crippen LogP contribution in [0.15, 0.2) is 30.5 Å². The molecule has 1 aliphatic rings. The van der Waals surface area contributed by atoms with Gasteiger partial charge in [-0.15, -0.1) is 0 Å². The predicted octanol–water partition coefficient (Wildman–Crippen LogP) is 1.65. The lowest BCUT2D eigenvalue weighted by molar-refractivity contribution is -0.0671. The number of aromatic nitrogens is 1. The number of pyridine rings is 1. The van der Waals surface area contributed by atoms with Crippen molar-refractivity contribution in [2.75, 3.05) is 13.7 Å². The maximum Gasteiger partial charge on any atom is 0.119 e. The summed E-state index contributed by atoms with van der Waals surface area (Å²) in [6.07, 6.45) is 3.32. The lowest BCUT2D eigenvalue weighted by atomic mass is 9.95. The van der Waals surface area contributed by atoms with Crippen molar-refractivity contribution in [2.45, 2.75) is 37.5 Å². The minimum absolute atomic E-state index is 0.0921. The minimum atomic E-state index is -0.538. The molecule has 2 aromatic rings. The number of nitrogens with zero attached hydrogens (tertiary/aromatic N) is 1. The fourth-order valence-corrected chi connectivity index (χ4v) is 2.94. The topological polar surface area (TPSA) is 77.6 Å². The zero-order valence-electron chi connectivity index (χ0n) is 12.7. The highest BCUT2D eigenvalue weighted by Gasteiger charge is 2.26. The van der Waals surface area contributed by atoms with E-state index in [0.717, 1.165) is 35.1 Å². The van der Waals surface area contributed by atoms with Gasteiger partial charge in [0, 0.05) is 24.0 Å². The molecule has 1 aromatic heterocycles. The Kier molecular flexibility index (Phi) is 4.57. The smallest absolute Gasteiger partial charge is 0.119 e. The molecule has 118 valence electrons. The third-order valence-corrected chi connectivity index (χ3v) is 4.24. The highest BCUT2D eigenvalue weighted by Crippen LogP contribution is 2.25. The van der Waals surface area contributed by atoms with Gasteiger partial charge < -0.3 is 20.3 Å². The summed E-state index contributed by atoms with van der Waals surface area (Å²) in [5, 5.41) is 11.5. The molecule has 0 unspecified atom stereocenters. The molecule has 3 atom stereocenters. The molecule has 3 N–H and O–H groups in total. The molecule has 1 aliphatic heterocycles. The second-order valence-corrected chi connectivity index (χ2v) is 5.83. The number of nitrogens with two attached hydrogens (primary N) is 1. The summed E-state index contributed by atoms with van der Waals surface area (Å²) in [6, 6.07) is 7.82. The van der Waals surface area contributed by atoms with Crippen molar-refractivity contribution in [1.29, 1.82) is 0 Å². The zero-order chi connectivity index (χ0) is 15.5. The first-order valence-corrected chi connectivity index (χ1v) is 7.64. The Bertz CT molecular complexity index is 639. The lowest BCUT2D eigenvalue weighted by Crippen LogP contribution is -2.41. The average Bonchev–Trinajstić information content (AvgIpc) is 2.55. The zero-order valence-corrected chi connectivity index (χ0v) is 12.7. The molecule has 0 saturated carbocycles. The van der Waals surface area contributed by atoms with Gasteiger partial charge in [0.15, 0.2) is 0 Å². The van der Waals surface area contributed by atoms with Crippen LogP contribution in [0.25, 0.3) is 10.9 Å². The van der Waals surface area contributed by atoms with E-state index in [0.29, 0.717) is 13.0 Å². The average molecular weight is 302 g/mol. The van der Waals surface area contributed by atoms with Gasteiger partial charge in [0.1, 0.15) is 5.75 Å². The van der Waals surface area contributed by atoms with Crippen molar-refractivity contribution in [3.63, 3.8) is 0 Å². The van der Waals surface area contributed by atoms with Gasteiger partial charge in [0.25, 0.3) is 0 Å². The van der Waals surface area contributed by atoms with Crippen molar-refractivity contribution in [1.82, 2.24) is 4.98 Å².